The maximum atomic E-state index is 12.1. The lowest BCUT2D eigenvalue weighted by Crippen LogP contribution is -2.22. The van der Waals surface area contributed by atoms with Crippen molar-refractivity contribution >= 4 is 5.97 Å². The van der Waals surface area contributed by atoms with E-state index in [4.69, 9.17) is 18.9 Å². The molecule has 4 aromatic carbocycles. The van der Waals surface area contributed by atoms with Gasteiger partial charge < -0.3 is 44.7 Å². The first-order valence-corrected chi connectivity index (χ1v) is 16.5. The number of fused-ring (bicyclic) bond motifs is 5. The third-order valence-electron chi connectivity index (χ3n) is 9.72. The van der Waals surface area contributed by atoms with Gasteiger partial charge in [-0.05, 0) is 71.7 Å². The van der Waals surface area contributed by atoms with Gasteiger partial charge in [0.05, 0.1) is 26.7 Å². The predicted molar refractivity (Wildman–Crippen MR) is 183 cm³/mol. The fraction of sp³-hybridized carbons (Fsp3) is 0.359. The quantitative estimate of drug-likeness (QED) is 0.115. The summed E-state index contributed by atoms with van der Waals surface area (Å²) < 4.78 is 23.8. The van der Waals surface area contributed by atoms with Crippen LogP contribution in [0.1, 0.15) is 83.2 Å². The Morgan fingerprint density at radius 3 is 2.49 bits per heavy atom. The zero-order chi connectivity index (χ0) is 34.8. The summed E-state index contributed by atoms with van der Waals surface area (Å²) in [7, 11) is 3.06. The fourth-order valence-electron chi connectivity index (χ4n) is 7.26. The Hall–Kier alpha value is -4.77. The molecule has 6 rings (SSSR count). The molecule has 10 heteroatoms. The number of rotatable bonds is 12. The molecule has 0 saturated heterocycles. The van der Waals surface area contributed by atoms with Crippen LogP contribution >= 0.6 is 0 Å². The van der Waals surface area contributed by atoms with E-state index in [0.29, 0.717) is 30.9 Å². The van der Waals surface area contributed by atoms with E-state index in [2.05, 4.69) is 5.32 Å². The first-order valence-electron chi connectivity index (χ1n) is 16.5. The van der Waals surface area contributed by atoms with E-state index in [1.807, 2.05) is 43.3 Å². The van der Waals surface area contributed by atoms with Crippen LogP contribution in [-0.4, -0.2) is 53.8 Å². The topological polar surface area (TPSA) is 147 Å². The minimum atomic E-state index is -0.598. The molecular formula is C39H43NO9. The van der Waals surface area contributed by atoms with Crippen molar-refractivity contribution in [3.63, 3.8) is 0 Å². The number of methoxy groups -OCH3 is 2. The third-order valence-corrected chi connectivity index (χ3v) is 9.72. The Labute approximate surface area is 285 Å². The van der Waals surface area contributed by atoms with Crippen molar-refractivity contribution in [2.75, 3.05) is 27.4 Å². The summed E-state index contributed by atoms with van der Waals surface area (Å²) in [4.78, 5) is 12.1. The molecule has 2 aliphatic rings. The molecule has 0 aromatic heterocycles. The number of aliphatic hydroxyl groups excluding tert-OH is 2. The molecule has 258 valence electrons. The standard InChI is InChI=1S/C39H43NO9/c1-21(24-7-5-6-23(12-24)19-42)40-18-26-14-34(45)35(46-3)17-31(26)39-33(20-48-22(2)43)29-9-8-28-32(38(29)49-39)13-25(10-11-41)30-15-27(44)16-36(47-4)37(28)30/h5-9,12,14-17,21,25,33,39-42,44-45H,10-11,13,18-20H2,1-4H3/t21-,25-,33+,39+/m1/s1. The molecule has 10 nitrogen and oxygen atoms in total. The summed E-state index contributed by atoms with van der Waals surface area (Å²) in [6.07, 6.45) is 0.441. The van der Waals surface area contributed by atoms with Crippen molar-refractivity contribution in [3.8, 4) is 39.9 Å². The number of benzene rings is 4. The summed E-state index contributed by atoms with van der Waals surface area (Å²) in [5.41, 5.74) is 7.88. The summed E-state index contributed by atoms with van der Waals surface area (Å²) in [6, 6.07) is 18.5. The van der Waals surface area contributed by atoms with Crippen molar-refractivity contribution in [2.24, 2.45) is 0 Å². The summed E-state index contributed by atoms with van der Waals surface area (Å²) in [5, 5.41) is 44.6. The second-order valence-corrected chi connectivity index (χ2v) is 12.7. The van der Waals surface area contributed by atoms with Gasteiger partial charge in [-0.25, -0.2) is 0 Å². The molecule has 0 bridgehead atoms. The number of nitrogens with one attached hydrogen (secondary N) is 1. The zero-order valence-corrected chi connectivity index (χ0v) is 28.2. The van der Waals surface area contributed by atoms with Gasteiger partial charge in [0.2, 0.25) is 0 Å². The lowest BCUT2D eigenvalue weighted by atomic mass is 9.75. The molecule has 0 unspecified atom stereocenters. The van der Waals surface area contributed by atoms with Crippen molar-refractivity contribution in [2.45, 2.75) is 63.8 Å². The van der Waals surface area contributed by atoms with Gasteiger partial charge >= 0.3 is 5.97 Å². The molecule has 5 N–H and O–H groups in total. The van der Waals surface area contributed by atoms with Crippen molar-refractivity contribution < 1.29 is 44.2 Å². The molecule has 4 aromatic rings. The number of hydrogen-bond acceptors (Lipinski definition) is 10. The Kier molecular flexibility index (Phi) is 10.0. The normalized spacial score (nSPS) is 18.1. The average molecular weight is 670 g/mol. The smallest absolute Gasteiger partial charge is 0.302 e. The first kappa shape index (κ1) is 34.1. The minimum Gasteiger partial charge on any atom is -0.508 e. The number of phenolic OH excluding ortho intramolecular Hbond substituents is 2. The van der Waals surface area contributed by atoms with E-state index in [1.165, 1.54) is 14.0 Å². The number of aliphatic hydroxyl groups is 2. The summed E-state index contributed by atoms with van der Waals surface area (Å²) in [5.74, 6) is 0.695. The third kappa shape index (κ3) is 6.64. The lowest BCUT2D eigenvalue weighted by Gasteiger charge is -2.30. The van der Waals surface area contributed by atoms with E-state index >= 15 is 0 Å². The molecule has 1 aliphatic carbocycles. The van der Waals surface area contributed by atoms with E-state index in [9.17, 15) is 25.2 Å². The highest BCUT2D eigenvalue weighted by Gasteiger charge is 2.42. The fourth-order valence-corrected chi connectivity index (χ4v) is 7.26. The van der Waals surface area contributed by atoms with Gasteiger partial charge in [-0.15, -0.1) is 0 Å². The number of aromatic hydroxyl groups is 2. The molecule has 0 amide bonds. The van der Waals surface area contributed by atoms with E-state index < -0.39 is 12.1 Å². The SMILES string of the molecule is COc1cc([C@@H]2Oc3c(ccc4c3C[C@@H](CCO)c3cc(O)cc(OC)c3-4)[C@@H]2COC(C)=O)c(CN[C@H](C)c2cccc(CO)c2)cc1O. The van der Waals surface area contributed by atoms with Crippen LogP contribution in [0.5, 0.6) is 28.7 Å². The Morgan fingerprint density at radius 2 is 1.78 bits per heavy atom. The van der Waals surface area contributed by atoms with Crippen LogP contribution in [0.3, 0.4) is 0 Å². The van der Waals surface area contributed by atoms with Gasteiger partial charge in [-0.1, -0.05) is 36.4 Å². The van der Waals surface area contributed by atoms with Crippen LogP contribution in [0, 0.1) is 0 Å². The number of esters is 1. The van der Waals surface area contributed by atoms with Crippen LogP contribution < -0.4 is 19.5 Å². The molecule has 0 spiro atoms. The number of carbonyl (C=O) groups excluding carboxylic acids is 1. The first-order chi connectivity index (χ1) is 23.7. The van der Waals surface area contributed by atoms with Gasteiger partial charge in [0.15, 0.2) is 11.5 Å². The molecule has 49 heavy (non-hydrogen) atoms. The summed E-state index contributed by atoms with van der Waals surface area (Å²) in [6.45, 7) is 3.77. The lowest BCUT2D eigenvalue weighted by molar-refractivity contribution is -0.141. The highest BCUT2D eigenvalue weighted by molar-refractivity contribution is 5.83. The second kappa shape index (κ2) is 14.4. The van der Waals surface area contributed by atoms with Crippen LogP contribution in [0.25, 0.3) is 11.1 Å². The molecular weight excluding hydrogens is 626 g/mol. The predicted octanol–water partition coefficient (Wildman–Crippen LogP) is 5.93. The number of carbonyl (C=O) groups is 1. The second-order valence-electron chi connectivity index (χ2n) is 12.7. The van der Waals surface area contributed by atoms with E-state index in [0.717, 1.165) is 50.1 Å². The average Bonchev–Trinajstić information content (AvgIpc) is 3.48. The maximum Gasteiger partial charge on any atom is 0.302 e. The van der Waals surface area contributed by atoms with Gasteiger partial charge in [0.1, 0.15) is 30.0 Å². The largest absolute Gasteiger partial charge is 0.508 e. The maximum absolute atomic E-state index is 12.1. The molecule has 0 fully saturated rings. The Morgan fingerprint density at radius 1 is 0.980 bits per heavy atom. The molecule has 1 heterocycles. The van der Waals surface area contributed by atoms with Crippen LogP contribution in [0.4, 0.5) is 0 Å². The highest BCUT2D eigenvalue weighted by atomic mass is 16.5. The van der Waals surface area contributed by atoms with Crippen LogP contribution in [0.2, 0.25) is 0 Å². The van der Waals surface area contributed by atoms with Gasteiger partial charge in [-0.2, -0.15) is 0 Å². The molecule has 0 saturated carbocycles. The zero-order valence-electron chi connectivity index (χ0n) is 28.2. The van der Waals surface area contributed by atoms with Crippen LogP contribution in [0.15, 0.2) is 60.7 Å². The van der Waals surface area contributed by atoms with Crippen molar-refractivity contribution in [3.05, 3.63) is 99.6 Å². The molecule has 0 radical (unpaired) electrons. The monoisotopic (exact) mass is 669 g/mol. The molecule has 1 aliphatic heterocycles. The van der Waals surface area contributed by atoms with Crippen LogP contribution in [-0.2, 0) is 29.1 Å². The van der Waals surface area contributed by atoms with Gasteiger partial charge in [0.25, 0.3) is 0 Å². The highest BCUT2D eigenvalue weighted by Crippen LogP contribution is 2.56. The Bertz CT molecular complexity index is 1860. The van der Waals surface area contributed by atoms with Gasteiger partial charge in [-0.3, -0.25) is 4.79 Å². The number of hydrogen-bond donors (Lipinski definition) is 5. The van der Waals surface area contributed by atoms with Gasteiger partial charge in [0, 0.05) is 54.4 Å². The van der Waals surface area contributed by atoms with Crippen molar-refractivity contribution in [1.29, 1.82) is 0 Å². The van der Waals surface area contributed by atoms with E-state index in [1.54, 1.807) is 31.4 Å². The number of phenols is 2. The number of ether oxygens (including phenoxy) is 4. The van der Waals surface area contributed by atoms with E-state index in [-0.39, 0.29) is 54.9 Å². The summed E-state index contributed by atoms with van der Waals surface area (Å²) >= 11 is 0. The van der Waals surface area contributed by atoms with Crippen molar-refractivity contribution in [1.82, 2.24) is 5.32 Å². The minimum absolute atomic E-state index is 0.0128. The Balaban J connectivity index is 1.43. The molecule has 4 atom stereocenters.